The van der Waals surface area contributed by atoms with E-state index in [1.54, 1.807) is 22.3 Å². The Morgan fingerprint density at radius 3 is 1.07 bits per heavy atom. The standard InChI is InChI=1S/C42H60I2/c1-5-9-13-17-22-35-31-41(43)37(24-19-15-11-7-3)29-39(35)33-26-21-27-34(28-33)40-30-38(25-20-16-12-8-4)42(44)32-36(40)23-18-14-10-6-2/h21,26-32H,5-20,22-25H2,1-4H3. The zero-order valence-electron chi connectivity index (χ0n) is 28.5. The molecule has 3 aromatic rings. The molecule has 0 fully saturated rings. The average Bonchev–Trinajstić information content (AvgIpc) is 3.03. The molecule has 0 nitrogen and oxygen atoms in total. The lowest BCUT2D eigenvalue weighted by atomic mass is 9.88. The van der Waals surface area contributed by atoms with Gasteiger partial charge in [0.1, 0.15) is 0 Å². The van der Waals surface area contributed by atoms with Crippen molar-refractivity contribution in [1.29, 1.82) is 0 Å². The fourth-order valence-corrected chi connectivity index (χ4v) is 8.08. The molecule has 0 saturated carbocycles. The Balaban J connectivity index is 2.02. The number of hydrogen-bond acceptors (Lipinski definition) is 0. The highest BCUT2D eigenvalue weighted by Crippen LogP contribution is 2.36. The highest BCUT2D eigenvalue weighted by molar-refractivity contribution is 14.1. The maximum Gasteiger partial charge on any atom is 0.0165 e. The largest absolute Gasteiger partial charge is 0.0654 e. The Labute approximate surface area is 299 Å². The van der Waals surface area contributed by atoms with Crippen LogP contribution < -0.4 is 0 Å². The molecule has 0 radical (unpaired) electrons. The Bertz CT molecular complexity index is 1150. The van der Waals surface area contributed by atoms with Gasteiger partial charge in [-0.3, -0.25) is 0 Å². The van der Waals surface area contributed by atoms with Crippen LogP contribution in [0.2, 0.25) is 0 Å². The summed E-state index contributed by atoms with van der Waals surface area (Å²) >= 11 is 5.22. The van der Waals surface area contributed by atoms with Crippen LogP contribution in [-0.4, -0.2) is 0 Å². The van der Waals surface area contributed by atoms with E-state index in [1.165, 1.54) is 158 Å². The average molecular weight is 819 g/mol. The van der Waals surface area contributed by atoms with Gasteiger partial charge in [0.2, 0.25) is 0 Å². The van der Waals surface area contributed by atoms with Crippen LogP contribution in [0.1, 0.15) is 153 Å². The third-order valence-electron chi connectivity index (χ3n) is 9.23. The van der Waals surface area contributed by atoms with Crippen LogP contribution in [-0.2, 0) is 25.7 Å². The zero-order chi connectivity index (χ0) is 31.6. The summed E-state index contributed by atoms with van der Waals surface area (Å²) in [4.78, 5) is 0. The lowest BCUT2D eigenvalue weighted by Gasteiger charge is -2.18. The van der Waals surface area contributed by atoms with E-state index in [0.717, 1.165) is 0 Å². The van der Waals surface area contributed by atoms with E-state index in [9.17, 15) is 0 Å². The van der Waals surface area contributed by atoms with E-state index in [-0.39, 0.29) is 0 Å². The molecule has 0 bridgehead atoms. The highest BCUT2D eigenvalue weighted by atomic mass is 127. The predicted molar refractivity (Wildman–Crippen MR) is 214 cm³/mol. The van der Waals surface area contributed by atoms with Crippen LogP contribution in [0, 0.1) is 7.14 Å². The molecule has 0 spiro atoms. The summed E-state index contributed by atoms with van der Waals surface area (Å²) in [5.74, 6) is 0. The van der Waals surface area contributed by atoms with E-state index < -0.39 is 0 Å². The quantitative estimate of drug-likeness (QED) is 0.0700. The molecule has 0 atom stereocenters. The second-order valence-electron chi connectivity index (χ2n) is 13.0. The van der Waals surface area contributed by atoms with Gasteiger partial charge in [0, 0.05) is 7.14 Å². The third-order valence-corrected chi connectivity index (χ3v) is 11.2. The van der Waals surface area contributed by atoms with E-state index in [4.69, 9.17) is 0 Å². The number of hydrogen-bond donors (Lipinski definition) is 0. The molecule has 242 valence electrons. The first-order chi connectivity index (χ1) is 21.5. The molecule has 0 aliphatic rings. The van der Waals surface area contributed by atoms with Crippen molar-refractivity contribution in [2.24, 2.45) is 0 Å². The minimum atomic E-state index is 1.18. The van der Waals surface area contributed by atoms with E-state index >= 15 is 0 Å². The molecule has 0 amide bonds. The third kappa shape index (κ3) is 12.4. The normalized spacial score (nSPS) is 11.4. The monoisotopic (exact) mass is 818 g/mol. The molecule has 0 aliphatic heterocycles. The smallest absolute Gasteiger partial charge is 0.0165 e. The fraction of sp³-hybridized carbons (Fsp3) is 0.571. The summed E-state index contributed by atoms with van der Waals surface area (Å²) in [5.41, 5.74) is 11.9. The van der Waals surface area contributed by atoms with E-state index in [2.05, 4.69) is 121 Å². The minimum absolute atomic E-state index is 1.18. The fourth-order valence-electron chi connectivity index (χ4n) is 6.48. The summed E-state index contributed by atoms with van der Waals surface area (Å²) in [5, 5.41) is 0. The SMILES string of the molecule is CCCCCCc1cc(-c2cccc(-c3cc(CCCCCC)c(I)cc3CCCCCC)c2)c(CCCCCC)cc1I. The lowest BCUT2D eigenvalue weighted by molar-refractivity contribution is 0.663. The number of aryl methyl sites for hydroxylation is 4. The lowest BCUT2D eigenvalue weighted by Crippen LogP contribution is -2.00. The van der Waals surface area contributed by atoms with Gasteiger partial charge >= 0.3 is 0 Å². The second-order valence-corrected chi connectivity index (χ2v) is 15.3. The predicted octanol–water partition coefficient (Wildman–Crippen LogP) is 14.7. The maximum absolute atomic E-state index is 2.61. The Hall–Kier alpha value is -0.880. The summed E-state index contributed by atoms with van der Waals surface area (Å²) < 4.78 is 2.92. The van der Waals surface area contributed by atoms with Crippen LogP contribution in [0.25, 0.3) is 22.3 Å². The van der Waals surface area contributed by atoms with E-state index in [1.807, 2.05) is 0 Å². The molecule has 0 aromatic heterocycles. The van der Waals surface area contributed by atoms with Crippen LogP contribution in [0.4, 0.5) is 0 Å². The molecule has 0 saturated heterocycles. The van der Waals surface area contributed by atoms with Crippen molar-refractivity contribution in [2.45, 2.75) is 156 Å². The van der Waals surface area contributed by atoms with Crippen LogP contribution in [0.5, 0.6) is 0 Å². The Morgan fingerprint density at radius 2 is 0.727 bits per heavy atom. The zero-order valence-corrected chi connectivity index (χ0v) is 32.8. The molecule has 3 rings (SSSR count). The first-order valence-electron chi connectivity index (χ1n) is 18.3. The molecule has 0 aliphatic carbocycles. The number of rotatable bonds is 22. The van der Waals surface area contributed by atoms with Gasteiger partial charge in [-0.15, -0.1) is 0 Å². The van der Waals surface area contributed by atoms with Crippen LogP contribution in [0.15, 0.2) is 48.5 Å². The highest BCUT2D eigenvalue weighted by Gasteiger charge is 2.15. The van der Waals surface area contributed by atoms with Gasteiger partial charge in [0.05, 0.1) is 0 Å². The number of unbranched alkanes of at least 4 members (excludes halogenated alkanes) is 12. The molecular formula is C42H60I2. The van der Waals surface area contributed by atoms with Gasteiger partial charge in [-0.2, -0.15) is 0 Å². The summed E-state index contributed by atoms with van der Waals surface area (Å²) in [6.45, 7) is 9.24. The van der Waals surface area contributed by atoms with Gasteiger partial charge in [0.25, 0.3) is 0 Å². The molecule has 0 unspecified atom stereocenters. The van der Waals surface area contributed by atoms with Gasteiger partial charge < -0.3 is 0 Å². The van der Waals surface area contributed by atoms with Gasteiger partial charge in [0.15, 0.2) is 0 Å². The Kier molecular flexibility index (Phi) is 18.6. The summed E-state index contributed by atoms with van der Waals surface area (Å²) in [7, 11) is 0. The van der Waals surface area contributed by atoms with Gasteiger partial charge in [-0.25, -0.2) is 0 Å². The van der Waals surface area contributed by atoms with Crippen LogP contribution >= 0.6 is 45.2 Å². The maximum atomic E-state index is 2.61. The molecule has 0 heterocycles. The van der Waals surface area contributed by atoms with Crippen molar-refractivity contribution < 1.29 is 0 Å². The Morgan fingerprint density at radius 1 is 0.386 bits per heavy atom. The van der Waals surface area contributed by atoms with Crippen molar-refractivity contribution >= 4 is 45.2 Å². The molecule has 0 N–H and O–H groups in total. The van der Waals surface area contributed by atoms with Crippen molar-refractivity contribution in [3.8, 4) is 22.3 Å². The van der Waals surface area contributed by atoms with Gasteiger partial charge in [-0.05, 0) is 171 Å². The van der Waals surface area contributed by atoms with Crippen molar-refractivity contribution in [2.75, 3.05) is 0 Å². The van der Waals surface area contributed by atoms with Crippen molar-refractivity contribution in [3.05, 3.63) is 77.9 Å². The summed E-state index contributed by atoms with van der Waals surface area (Å²) in [6.07, 6.45) is 25.8. The van der Waals surface area contributed by atoms with Crippen molar-refractivity contribution in [1.82, 2.24) is 0 Å². The van der Waals surface area contributed by atoms with Crippen LogP contribution in [0.3, 0.4) is 0 Å². The van der Waals surface area contributed by atoms with E-state index in [0.29, 0.717) is 0 Å². The molecule has 2 heteroatoms. The number of benzene rings is 3. The minimum Gasteiger partial charge on any atom is -0.0654 e. The topological polar surface area (TPSA) is 0 Å². The number of halogens is 2. The molecule has 3 aromatic carbocycles. The first-order valence-corrected chi connectivity index (χ1v) is 20.4. The summed E-state index contributed by atoms with van der Waals surface area (Å²) in [6, 6.07) is 19.8. The molecule has 44 heavy (non-hydrogen) atoms. The first kappa shape index (κ1) is 37.6. The second kappa shape index (κ2) is 21.8. The van der Waals surface area contributed by atoms with Gasteiger partial charge in [-0.1, -0.05) is 123 Å². The molecular weight excluding hydrogens is 758 g/mol. The van der Waals surface area contributed by atoms with Crippen molar-refractivity contribution in [3.63, 3.8) is 0 Å².